The summed E-state index contributed by atoms with van der Waals surface area (Å²) in [5, 5.41) is 11.6. The number of amides is 1. The summed E-state index contributed by atoms with van der Waals surface area (Å²) in [6.07, 6.45) is 3.91. The van der Waals surface area contributed by atoms with Crippen molar-refractivity contribution in [1.29, 1.82) is 0 Å². The van der Waals surface area contributed by atoms with E-state index in [4.69, 9.17) is 9.84 Å². The maximum Gasteiger partial charge on any atom is 0.326 e. The molecule has 1 atom stereocenters. The standard InChI is InChI=1S/C15H19NO4S/c1-3-9-20-12-6-4-11(5-7-12)14(17)16-13(15(18)19)8-10-21-2/h3-7,13H,1,8-10H2,2H3,(H,16,17)(H,18,19). The zero-order valence-electron chi connectivity index (χ0n) is 11.9. The van der Waals surface area contributed by atoms with Crippen molar-refractivity contribution in [1.82, 2.24) is 5.32 Å². The number of carboxylic acid groups (broad SMARTS) is 1. The van der Waals surface area contributed by atoms with Gasteiger partial charge >= 0.3 is 5.97 Å². The minimum absolute atomic E-state index is 0.390. The molecule has 1 rings (SSSR count). The van der Waals surface area contributed by atoms with E-state index >= 15 is 0 Å². The van der Waals surface area contributed by atoms with Gasteiger partial charge in [-0.1, -0.05) is 12.7 Å². The number of carbonyl (C=O) groups excluding carboxylic acids is 1. The molecule has 2 N–H and O–H groups in total. The summed E-state index contributed by atoms with van der Waals surface area (Å²) < 4.78 is 5.32. The van der Waals surface area contributed by atoms with Gasteiger partial charge in [0.15, 0.2) is 0 Å². The zero-order chi connectivity index (χ0) is 15.7. The SMILES string of the molecule is C=CCOc1ccc(C(=O)NC(CCSC)C(=O)O)cc1. The van der Waals surface area contributed by atoms with Gasteiger partial charge in [-0.15, -0.1) is 0 Å². The van der Waals surface area contributed by atoms with E-state index in [0.717, 1.165) is 0 Å². The van der Waals surface area contributed by atoms with Gasteiger partial charge in [0, 0.05) is 5.56 Å². The summed E-state index contributed by atoms with van der Waals surface area (Å²) in [6, 6.07) is 5.65. The van der Waals surface area contributed by atoms with Crippen molar-refractivity contribution in [2.75, 3.05) is 18.6 Å². The van der Waals surface area contributed by atoms with Crippen LogP contribution < -0.4 is 10.1 Å². The highest BCUT2D eigenvalue weighted by atomic mass is 32.2. The van der Waals surface area contributed by atoms with Crippen molar-refractivity contribution in [2.45, 2.75) is 12.5 Å². The summed E-state index contributed by atoms with van der Waals surface area (Å²) in [6.45, 7) is 3.94. The lowest BCUT2D eigenvalue weighted by Gasteiger charge is -2.14. The highest BCUT2D eigenvalue weighted by molar-refractivity contribution is 7.98. The molecule has 0 aliphatic carbocycles. The number of nitrogens with one attached hydrogen (secondary N) is 1. The largest absolute Gasteiger partial charge is 0.490 e. The fraction of sp³-hybridized carbons (Fsp3) is 0.333. The molecular weight excluding hydrogens is 290 g/mol. The van der Waals surface area contributed by atoms with Crippen LogP contribution in [-0.2, 0) is 4.79 Å². The molecule has 1 aromatic carbocycles. The summed E-state index contributed by atoms with van der Waals surface area (Å²) >= 11 is 1.54. The normalized spacial score (nSPS) is 11.5. The van der Waals surface area contributed by atoms with E-state index in [1.807, 2.05) is 6.26 Å². The highest BCUT2D eigenvalue weighted by Gasteiger charge is 2.20. The molecule has 0 radical (unpaired) electrons. The van der Waals surface area contributed by atoms with E-state index < -0.39 is 17.9 Å². The Balaban J connectivity index is 2.64. The lowest BCUT2D eigenvalue weighted by atomic mass is 10.1. The third-order valence-electron chi connectivity index (χ3n) is 2.70. The Hall–Kier alpha value is -1.95. The van der Waals surface area contributed by atoms with E-state index in [0.29, 0.717) is 30.1 Å². The van der Waals surface area contributed by atoms with Crippen LogP contribution in [0, 0.1) is 0 Å². The van der Waals surface area contributed by atoms with Crippen LogP contribution in [0.3, 0.4) is 0 Å². The summed E-state index contributed by atoms with van der Waals surface area (Å²) in [4.78, 5) is 23.1. The maximum atomic E-state index is 12.0. The lowest BCUT2D eigenvalue weighted by Crippen LogP contribution is -2.41. The van der Waals surface area contributed by atoms with E-state index in [2.05, 4.69) is 11.9 Å². The number of thioether (sulfide) groups is 1. The second-order valence-corrected chi connectivity index (χ2v) is 5.26. The average molecular weight is 309 g/mol. The first-order valence-electron chi connectivity index (χ1n) is 6.45. The summed E-state index contributed by atoms with van der Waals surface area (Å²) in [5.41, 5.74) is 0.399. The van der Waals surface area contributed by atoms with Gasteiger partial charge in [-0.3, -0.25) is 4.79 Å². The third-order valence-corrected chi connectivity index (χ3v) is 3.34. The number of carboxylic acids is 1. The second-order valence-electron chi connectivity index (χ2n) is 4.27. The molecule has 1 aromatic rings. The molecule has 0 heterocycles. The van der Waals surface area contributed by atoms with Gasteiger partial charge in [-0.2, -0.15) is 11.8 Å². The van der Waals surface area contributed by atoms with Crippen LogP contribution in [-0.4, -0.2) is 41.6 Å². The molecule has 6 heteroatoms. The van der Waals surface area contributed by atoms with E-state index in [1.165, 1.54) is 0 Å². The Morgan fingerprint density at radius 2 is 2.10 bits per heavy atom. The number of benzene rings is 1. The number of aliphatic carboxylic acids is 1. The Labute approximate surface area is 128 Å². The molecular formula is C15H19NO4S. The average Bonchev–Trinajstić information content (AvgIpc) is 2.49. The smallest absolute Gasteiger partial charge is 0.326 e. The summed E-state index contributed by atoms with van der Waals surface area (Å²) in [5.74, 6) is -0.128. The molecule has 0 fully saturated rings. The van der Waals surface area contributed by atoms with Gasteiger partial charge in [-0.05, 0) is 42.7 Å². The maximum absolute atomic E-state index is 12.0. The van der Waals surface area contributed by atoms with E-state index in [-0.39, 0.29) is 0 Å². The van der Waals surface area contributed by atoms with Gasteiger partial charge in [0.25, 0.3) is 5.91 Å². The minimum Gasteiger partial charge on any atom is -0.490 e. The van der Waals surface area contributed by atoms with Crippen LogP contribution in [0.2, 0.25) is 0 Å². The first-order chi connectivity index (χ1) is 10.1. The van der Waals surface area contributed by atoms with Crippen LogP contribution in [0.5, 0.6) is 5.75 Å². The van der Waals surface area contributed by atoms with Crippen molar-refractivity contribution in [3.8, 4) is 5.75 Å². The number of ether oxygens (including phenoxy) is 1. The van der Waals surface area contributed by atoms with E-state index in [1.54, 1.807) is 42.1 Å². The molecule has 0 aromatic heterocycles. The van der Waals surface area contributed by atoms with Gasteiger partial charge in [0.05, 0.1) is 0 Å². The van der Waals surface area contributed by atoms with Gasteiger partial charge in [-0.25, -0.2) is 4.79 Å². The second kappa shape index (κ2) is 9.07. The molecule has 0 aliphatic rings. The number of carbonyl (C=O) groups is 2. The topological polar surface area (TPSA) is 75.6 Å². The Bertz CT molecular complexity index is 487. The molecule has 0 spiro atoms. The Morgan fingerprint density at radius 3 is 2.62 bits per heavy atom. The van der Waals surface area contributed by atoms with Crippen molar-refractivity contribution in [2.24, 2.45) is 0 Å². The molecule has 5 nitrogen and oxygen atoms in total. The predicted octanol–water partition coefficient (Wildman–Crippen LogP) is 2.19. The highest BCUT2D eigenvalue weighted by Crippen LogP contribution is 2.12. The number of hydrogen-bond acceptors (Lipinski definition) is 4. The van der Waals surface area contributed by atoms with Crippen LogP contribution in [0.4, 0.5) is 0 Å². The van der Waals surface area contributed by atoms with E-state index in [9.17, 15) is 9.59 Å². The van der Waals surface area contributed by atoms with Crippen molar-refractivity contribution in [3.63, 3.8) is 0 Å². The summed E-state index contributed by atoms with van der Waals surface area (Å²) in [7, 11) is 0. The molecule has 1 amide bonds. The fourth-order valence-corrected chi connectivity index (χ4v) is 2.06. The minimum atomic E-state index is -1.02. The van der Waals surface area contributed by atoms with Crippen molar-refractivity contribution >= 4 is 23.6 Å². The molecule has 1 unspecified atom stereocenters. The third kappa shape index (κ3) is 5.91. The predicted molar refractivity (Wildman–Crippen MR) is 84.0 cm³/mol. The molecule has 0 saturated heterocycles. The Kier molecular flexibility index (Phi) is 7.39. The molecule has 0 bridgehead atoms. The molecule has 114 valence electrons. The van der Waals surface area contributed by atoms with Crippen LogP contribution in [0.1, 0.15) is 16.8 Å². The molecule has 0 aliphatic heterocycles. The molecule has 21 heavy (non-hydrogen) atoms. The Morgan fingerprint density at radius 1 is 1.43 bits per heavy atom. The van der Waals surface area contributed by atoms with Gasteiger partial charge < -0.3 is 15.2 Å². The van der Waals surface area contributed by atoms with Crippen molar-refractivity contribution in [3.05, 3.63) is 42.5 Å². The first-order valence-corrected chi connectivity index (χ1v) is 7.84. The van der Waals surface area contributed by atoms with Gasteiger partial charge in [0.1, 0.15) is 18.4 Å². The number of hydrogen-bond donors (Lipinski definition) is 2. The zero-order valence-corrected chi connectivity index (χ0v) is 12.7. The van der Waals surface area contributed by atoms with Crippen LogP contribution in [0.15, 0.2) is 36.9 Å². The van der Waals surface area contributed by atoms with Crippen LogP contribution >= 0.6 is 11.8 Å². The monoisotopic (exact) mass is 309 g/mol. The number of rotatable bonds is 9. The van der Waals surface area contributed by atoms with Crippen LogP contribution in [0.25, 0.3) is 0 Å². The lowest BCUT2D eigenvalue weighted by molar-refractivity contribution is -0.139. The van der Waals surface area contributed by atoms with Gasteiger partial charge in [0.2, 0.25) is 0 Å². The first kappa shape index (κ1) is 17.1. The molecule has 0 saturated carbocycles. The van der Waals surface area contributed by atoms with Crippen molar-refractivity contribution < 1.29 is 19.4 Å². The fourth-order valence-electron chi connectivity index (χ4n) is 1.59. The quantitative estimate of drug-likeness (QED) is 0.684.